The molecule has 1 aromatic rings. The predicted molar refractivity (Wildman–Crippen MR) is 84.2 cm³/mol. The first-order chi connectivity index (χ1) is 9.80. The van der Waals surface area contributed by atoms with Crippen LogP contribution in [0.5, 0.6) is 0 Å². The first-order valence-corrected chi connectivity index (χ1v) is 7.51. The van der Waals surface area contributed by atoms with E-state index in [1.165, 1.54) is 6.07 Å². The number of rotatable bonds is 6. The summed E-state index contributed by atoms with van der Waals surface area (Å²) in [5.74, 6) is -0.387. The number of nitrogens with zero attached hydrogens (tertiary/aromatic N) is 1. The van der Waals surface area contributed by atoms with Gasteiger partial charge < -0.3 is 5.32 Å². The molecule has 0 saturated heterocycles. The molecule has 1 rings (SSSR count). The molecule has 0 aromatic heterocycles. The molecule has 0 aliphatic carbocycles. The molecule has 0 fully saturated rings. The number of hydrogen-bond acceptors (Lipinski definition) is 3. The summed E-state index contributed by atoms with van der Waals surface area (Å²) in [5.41, 5.74) is -0.557. The Balaban J connectivity index is 3.17. The Bertz CT molecular complexity index is 549. The summed E-state index contributed by atoms with van der Waals surface area (Å²) < 4.78 is 0. The van der Waals surface area contributed by atoms with Crippen molar-refractivity contribution < 1.29 is 9.72 Å². The number of benzene rings is 1. The van der Waals surface area contributed by atoms with Crippen LogP contribution in [0, 0.1) is 10.1 Å². The summed E-state index contributed by atoms with van der Waals surface area (Å²) in [6.07, 6.45) is 2.32. The summed E-state index contributed by atoms with van der Waals surface area (Å²) in [6.45, 7) is 5.97. The quantitative estimate of drug-likeness (QED) is 0.611. The van der Waals surface area contributed by atoms with Gasteiger partial charge in [-0.3, -0.25) is 14.9 Å². The van der Waals surface area contributed by atoms with Crippen molar-refractivity contribution in [2.75, 3.05) is 0 Å². The van der Waals surface area contributed by atoms with E-state index in [9.17, 15) is 14.9 Å². The van der Waals surface area contributed by atoms with Crippen molar-refractivity contribution in [3.63, 3.8) is 0 Å². The van der Waals surface area contributed by atoms with Crippen molar-refractivity contribution >= 4 is 34.8 Å². The highest BCUT2D eigenvalue weighted by Gasteiger charge is 2.28. The second kappa shape index (κ2) is 7.09. The molecule has 0 aliphatic heterocycles. The van der Waals surface area contributed by atoms with Crippen LogP contribution in [-0.2, 0) is 0 Å². The van der Waals surface area contributed by atoms with E-state index in [0.29, 0.717) is 0 Å². The van der Waals surface area contributed by atoms with Gasteiger partial charge in [0.25, 0.3) is 11.6 Å². The van der Waals surface area contributed by atoms with E-state index in [2.05, 4.69) is 5.32 Å². The lowest BCUT2D eigenvalue weighted by atomic mass is 9.89. The van der Waals surface area contributed by atoms with E-state index in [4.69, 9.17) is 23.2 Å². The Kier molecular flexibility index (Phi) is 5.98. The van der Waals surface area contributed by atoms with Gasteiger partial charge in [0.05, 0.1) is 9.95 Å². The maximum atomic E-state index is 12.3. The molecule has 5 nitrogen and oxygen atoms in total. The van der Waals surface area contributed by atoms with E-state index in [-0.39, 0.29) is 32.7 Å². The number of carbonyl (C=O) groups is 1. The minimum atomic E-state index is -0.655. The topological polar surface area (TPSA) is 72.2 Å². The first kappa shape index (κ1) is 17.7. The molecule has 0 atom stereocenters. The van der Waals surface area contributed by atoms with Crippen molar-refractivity contribution in [1.82, 2.24) is 5.32 Å². The smallest absolute Gasteiger partial charge is 0.290 e. The Morgan fingerprint density at radius 3 is 2.19 bits per heavy atom. The van der Waals surface area contributed by atoms with Crippen molar-refractivity contribution in [2.24, 2.45) is 0 Å². The number of amides is 1. The second-order valence-electron chi connectivity index (χ2n) is 4.84. The number of halogens is 2. The highest BCUT2D eigenvalue weighted by atomic mass is 35.5. The monoisotopic (exact) mass is 332 g/mol. The molecule has 0 unspecified atom stereocenters. The summed E-state index contributed by atoms with van der Waals surface area (Å²) in [4.78, 5) is 22.6. The molecule has 7 heteroatoms. The van der Waals surface area contributed by atoms with Crippen molar-refractivity contribution in [2.45, 2.75) is 45.6 Å². The summed E-state index contributed by atoms with van der Waals surface area (Å²) in [5, 5.41) is 13.7. The summed E-state index contributed by atoms with van der Waals surface area (Å²) in [7, 11) is 0. The van der Waals surface area contributed by atoms with Gasteiger partial charge in [0.15, 0.2) is 0 Å². The molecule has 0 aliphatic rings. The van der Waals surface area contributed by atoms with Gasteiger partial charge in [0, 0.05) is 17.2 Å². The largest absolute Gasteiger partial charge is 0.347 e. The van der Waals surface area contributed by atoms with Crippen molar-refractivity contribution in [1.29, 1.82) is 0 Å². The van der Waals surface area contributed by atoms with E-state index >= 15 is 0 Å². The van der Waals surface area contributed by atoms with E-state index < -0.39 is 4.92 Å². The highest BCUT2D eigenvalue weighted by molar-refractivity contribution is 6.43. The molecular formula is C14H18Cl2N2O3. The fourth-order valence-electron chi connectivity index (χ4n) is 2.17. The highest BCUT2D eigenvalue weighted by Crippen LogP contribution is 2.33. The molecular weight excluding hydrogens is 315 g/mol. The van der Waals surface area contributed by atoms with Crippen LogP contribution in [0.25, 0.3) is 0 Å². The van der Waals surface area contributed by atoms with Gasteiger partial charge in [-0.25, -0.2) is 0 Å². The Labute approximate surface area is 133 Å². The SMILES string of the molecule is CCC(CC)(CC)NC(=O)c1cc(Cl)c(Cl)c([N+](=O)[O-])c1. The van der Waals surface area contributed by atoms with Gasteiger partial charge in [-0.15, -0.1) is 0 Å². The van der Waals surface area contributed by atoms with Crippen molar-refractivity contribution in [3.8, 4) is 0 Å². The average molecular weight is 333 g/mol. The number of carbonyl (C=O) groups excluding carboxylic acids is 1. The molecule has 21 heavy (non-hydrogen) atoms. The van der Waals surface area contributed by atoms with Crippen LogP contribution in [-0.4, -0.2) is 16.4 Å². The van der Waals surface area contributed by atoms with Crippen molar-refractivity contribution in [3.05, 3.63) is 37.9 Å². The van der Waals surface area contributed by atoms with Gasteiger partial charge in [0.2, 0.25) is 0 Å². The molecule has 116 valence electrons. The molecule has 1 amide bonds. The van der Waals surface area contributed by atoms with E-state index in [0.717, 1.165) is 25.3 Å². The van der Waals surface area contributed by atoms with E-state index in [1.54, 1.807) is 0 Å². The van der Waals surface area contributed by atoms with Crippen LogP contribution in [0.15, 0.2) is 12.1 Å². The third-order valence-corrected chi connectivity index (χ3v) is 4.67. The molecule has 1 N–H and O–H groups in total. The fraction of sp³-hybridized carbons (Fsp3) is 0.500. The third kappa shape index (κ3) is 3.86. The van der Waals surface area contributed by atoms with Crippen LogP contribution in [0.3, 0.4) is 0 Å². The third-order valence-electron chi connectivity index (χ3n) is 3.88. The standard InChI is InChI=1S/C14H18Cl2N2O3/c1-4-14(5-2,6-3)17-13(19)9-7-10(15)12(16)11(8-9)18(20)21/h7-8H,4-6H2,1-3H3,(H,17,19). The van der Waals surface area contributed by atoms with Crippen LogP contribution in [0.4, 0.5) is 5.69 Å². The van der Waals surface area contributed by atoms with Crippen LogP contribution in [0.1, 0.15) is 50.4 Å². The fourth-order valence-corrected chi connectivity index (χ4v) is 2.56. The van der Waals surface area contributed by atoms with Gasteiger partial charge in [0.1, 0.15) is 5.02 Å². The minimum Gasteiger partial charge on any atom is -0.347 e. The molecule has 0 saturated carbocycles. The van der Waals surface area contributed by atoms with Gasteiger partial charge >= 0.3 is 0 Å². The lowest BCUT2D eigenvalue weighted by Crippen LogP contribution is -2.47. The Morgan fingerprint density at radius 1 is 1.24 bits per heavy atom. The molecule has 1 aromatic carbocycles. The van der Waals surface area contributed by atoms with Crippen LogP contribution < -0.4 is 5.32 Å². The first-order valence-electron chi connectivity index (χ1n) is 6.76. The number of hydrogen-bond donors (Lipinski definition) is 1. The average Bonchev–Trinajstić information content (AvgIpc) is 2.47. The molecule has 0 spiro atoms. The van der Waals surface area contributed by atoms with Gasteiger partial charge in [-0.2, -0.15) is 0 Å². The summed E-state index contributed by atoms with van der Waals surface area (Å²) >= 11 is 11.6. The predicted octanol–water partition coefficient (Wildman–Crippen LogP) is 4.60. The zero-order valence-electron chi connectivity index (χ0n) is 12.2. The van der Waals surface area contributed by atoms with Gasteiger partial charge in [-0.05, 0) is 25.3 Å². The molecule has 0 bridgehead atoms. The minimum absolute atomic E-state index is 0.00823. The Morgan fingerprint density at radius 2 is 1.76 bits per heavy atom. The normalized spacial score (nSPS) is 11.3. The zero-order valence-corrected chi connectivity index (χ0v) is 13.7. The van der Waals surface area contributed by atoms with Gasteiger partial charge in [-0.1, -0.05) is 44.0 Å². The number of nitro benzene ring substituents is 1. The second-order valence-corrected chi connectivity index (χ2v) is 5.63. The number of nitrogens with one attached hydrogen (secondary N) is 1. The number of nitro groups is 1. The van der Waals surface area contributed by atoms with E-state index in [1.807, 2.05) is 20.8 Å². The molecule has 0 heterocycles. The zero-order chi connectivity index (χ0) is 16.2. The maximum absolute atomic E-state index is 12.3. The lowest BCUT2D eigenvalue weighted by Gasteiger charge is -2.31. The Hall–Kier alpha value is -1.33. The maximum Gasteiger partial charge on any atom is 0.290 e. The lowest BCUT2D eigenvalue weighted by molar-refractivity contribution is -0.384. The molecule has 0 radical (unpaired) electrons. The van der Waals surface area contributed by atoms with Crippen LogP contribution in [0.2, 0.25) is 10.0 Å². The van der Waals surface area contributed by atoms with Crippen LogP contribution >= 0.6 is 23.2 Å². The summed E-state index contributed by atoms with van der Waals surface area (Å²) in [6, 6.07) is 2.49.